The van der Waals surface area contributed by atoms with Crippen LogP contribution in [0.2, 0.25) is 0 Å². The summed E-state index contributed by atoms with van der Waals surface area (Å²) < 4.78 is 16.6. The van der Waals surface area contributed by atoms with Crippen molar-refractivity contribution in [3.05, 3.63) is 144 Å². The zero-order valence-corrected chi connectivity index (χ0v) is 34.5. The van der Waals surface area contributed by atoms with Crippen LogP contribution in [0, 0.1) is 0 Å². The molecule has 0 spiro atoms. The molecule has 0 aliphatic rings. The van der Waals surface area contributed by atoms with E-state index in [1.165, 1.54) is 0 Å². The Kier molecular flexibility index (Phi) is 15.6. The number of ether oxygens (including phenoxy) is 3. The van der Waals surface area contributed by atoms with Crippen LogP contribution in [-0.4, -0.2) is 71.2 Å². The Balaban J connectivity index is 1.69. The van der Waals surface area contributed by atoms with E-state index in [0.29, 0.717) is 6.42 Å². The maximum absolute atomic E-state index is 14.5. The lowest BCUT2D eigenvalue weighted by molar-refractivity contribution is -0.128. The molecule has 4 aromatic carbocycles. The molecule has 0 heterocycles. The van der Waals surface area contributed by atoms with Crippen LogP contribution in [0.15, 0.2) is 121 Å². The molecular weight excluding hydrogens is 737 g/mol. The number of hydrogen-bond donors (Lipinski definition) is 3. The second-order valence-electron chi connectivity index (χ2n) is 15.9. The molecule has 0 radical (unpaired) electrons. The molecule has 0 saturated carbocycles. The first-order valence-corrected chi connectivity index (χ1v) is 19.4. The van der Waals surface area contributed by atoms with Crippen molar-refractivity contribution in [1.29, 1.82) is 0 Å². The Morgan fingerprint density at radius 2 is 1.09 bits per heavy atom. The molecule has 3 N–H and O–H groups in total. The normalized spacial score (nSPS) is 12.6. The number of alkyl carbamates (subject to hydrolysis) is 2. The molecule has 12 nitrogen and oxygen atoms in total. The molecule has 12 heteroatoms. The SMILES string of the molecule is CC[C@@H](CN(CC(=O)[C@H](CC(=O)NC(c1ccccc1)(c1ccccc1)c1ccccc1)NC(=O)OCc1ccccc1)C(=O)OC(C)(C)C)NC(=O)OC(C)(C)C. The van der Waals surface area contributed by atoms with E-state index in [1.54, 1.807) is 65.8 Å². The highest BCUT2D eigenvalue weighted by atomic mass is 16.6. The molecule has 4 rings (SSSR count). The number of nitrogens with one attached hydrogen (secondary N) is 3. The molecular formula is C46H56N4O8. The molecule has 4 amide bonds. The van der Waals surface area contributed by atoms with Gasteiger partial charge in [-0.1, -0.05) is 128 Å². The van der Waals surface area contributed by atoms with Crippen LogP contribution in [0.25, 0.3) is 0 Å². The number of rotatable bonds is 16. The Labute approximate surface area is 341 Å². The standard InChI is InChI=1S/C46H56N4O8/c1-8-37(47-42(54)57-44(2,3)4)30-50(43(55)58-45(5,6)7)31-39(51)38(48-41(53)56-32-33-21-13-9-14-22-33)29-40(52)49-46(34-23-15-10-16-24-34,35-25-17-11-18-26-35)36-27-19-12-20-28-36/h9-28,37-38H,8,29-32H2,1-7H3,(H,47,54)(H,48,53)(H,49,52)/t37-,38-/m0/s1. The second kappa shape index (κ2) is 20.3. The monoisotopic (exact) mass is 792 g/mol. The molecule has 0 saturated heterocycles. The van der Waals surface area contributed by atoms with Crippen molar-refractivity contribution in [3.63, 3.8) is 0 Å². The average molecular weight is 793 g/mol. The topological polar surface area (TPSA) is 152 Å². The summed E-state index contributed by atoms with van der Waals surface area (Å²) in [5, 5.41) is 8.60. The first-order chi connectivity index (χ1) is 27.5. The molecule has 0 fully saturated rings. The zero-order valence-electron chi connectivity index (χ0n) is 34.5. The summed E-state index contributed by atoms with van der Waals surface area (Å²) >= 11 is 0. The first-order valence-electron chi connectivity index (χ1n) is 19.4. The van der Waals surface area contributed by atoms with Crippen molar-refractivity contribution >= 4 is 30.0 Å². The van der Waals surface area contributed by atoms with Crippen LogP contribution >= 0.6 is 0 Å². The van der Waals surface area contributed by atoms with Gasteiger partial charge in [-0.3, -0.25) is 14.5 Å². The fourth-order valence-electron chi connectivity index (χ4n) is 6.22. The highest BCUT2D eigenvalue weighted by molar-refractivity contribution is 5.95. The molecule has 58 heavy (non-hydrogen) atoms. The fourth-order valence-corrected chi connectivity index (χ4v) is 6.22. The number of carbonyl (C=O) groups is 5. The molecule has 0 bridgehead atoms. The van der Waals surface area contributed by atoms with Gasteiger partial charge in [0.15, 0.2) is 5.78 Å². The molecule has 308 valence electrons. The Morgan fingerprint density at radius 3 is 1.53 bits per heavy atom. The van der Waals surface area contributed by atoms with Crippen LogP contribution in [0.4, 0.5) is 14.4 Å². The van der Waals surface area contributed by atoms with Crippen molar-refractivity contribution in [2.45, 2.75) is 96.7 Å². The average Bonchev–Trinajstić information content (AvgIpc) is 3.18. The van der Waals surface area contributed by atoms with Crippen LogP contribution in [0.1, 0.15) is 83.6 Å². The largest absolute Gasteiger partial charge is 0.445 e. The lowest BCUT2D eigenvalue weighted by Crippen LogP contribution is -2.54. The van der Waals surface area contributed by atoms with Crippen LogP contribution in [-0.2, 0) is 35.9 Å². The summed E-state index contributed by atoms with van der Waals surface area (Å²) in [6.07, 6.45) is -2.58. The number of nitrogens with zero attached hydrogens (tertiary/aromatic N) is 1. The Hall–Kier alpha value is -6.17. The van der Waals surface area contributed by atoms with Gasteiger partial charge in [-0.15, -0.1) is 0 Å². The van der Waals surface area contributed by atoms with Gasteiger partial charge in [0.05, 0.1) is 13.0 Å². The van der Waals surface area contributed by atoms with Crippen molar-refractivity contribution in [1.82, 2.24) is 20.9 Å². The number of carbonyl (C=O) groups excluding carboxylic acids is 5. The van der Waals surface area contributed by atoms with E-state index >= 15 is 0 Å². The van der Waals surface area contributed by atoms with Gasteiger partial charge in [0.25, 0.3) is 0 Å². The zero-order chi connectivity index (χ0) is 42.3. The van der Waals surface area contributed by atoms with E-state index < -0.39 is 71.8 Å². The number of Topliss-reactive ketones (excluding diaryl/α,β-unsaturated/α-hetero) is 1. The van der Waals surface area contributed by atoms with Gasteiger partial charge >= 0.3 is 18.3 Å². The highest BCUT2D eigenvalue weighted by Gasteiger charge is 2.39. The van der Waals surface area contributed by atoms with E-state index in [1.807, 2.05) is 104 Å². The summed E-state index contributed by atoms with van der Waals surface area (Å²) in [5.74, 6) is -1.24. The highest BCUT2D eigenvalue weighted by Crippen LogP contribution is 2.37. The van der Waals surface area contributed by atoms with Crippen LogP contribution in [0.3, 0.4) is 0 Å². The maximum atomic E-state index is 14.5. The van der Waals surface area contributed by atoms with Gasteiger partial charge in [-0.05, 0) is 70.2 Å². The van der Waals surface area contributed by atoms with E-state index in [9.17, 15) is 24.0 Å². The molecule has 2 atom stereocenters. The molecule has 0 aliphatic carbocycles. The van der Waals surface area contributed by atoms with Crippen molar-refractivity contribution in [2.24, 2.45) is 0 Å². The Morgan fingerprint density at radius 1 is 0.621 bits per heavy atom. The molecule has 0 aromatic heterocycles. The van der Waals surface area contributed by atoms with Crippen LogP contribution < -0.4 is 16.0 Å². The predicted molar refractivity (Wildman–Crippen MR) is 222 cm³/mol. The van der Waals surface area contributed by atoms with E-state index in [4.69, 9.17) is 14.2 Å². The lowest BCUT2D eigenvalue weighted by Gasteiger charge is -2.37. The van der Waals surface area contributed by atoms with Crippen molar-refractivity contribution in [3.8, 4) is 0 Å². The van der Waals surface area contributed by atoms with E-state index in [-0.39, 0.29) is 13.2 Å². The first kappa shape index (κ1) is 44.5. The summed E-state index contributed by atoms with van der Waals surface area (Å²) in [6, 6.07) is 35.3. The quantitative estimate of drug-likeness (QED) is 0.0766. The second-order valence-corrected chi connectivity index (χ2v) is 15.9. The molecule has 0 aliphatic heterocycles. The van der Waals surface area contributed by atoms with Crippen molar-refractivity contribution < 1.29 is 38.2 Å². The molecule has 0 unspecified atom stereocenters. The minimum Gasteiger partial charge on any atom is -0.445 e. The van der Waals surface area contributed by atoms with Gasteiger partial charge in [-0.2, -0.15) is 0 Å². The summed E-state index contributed by atoms with van der Waals surface area (Å²) in [7, 11) is 0. The van der Waals surface area contributed by atoms with Gasteiger partial charge in [0.1, 0.15) is 29.4 Å². The molecule has 4 aromatic rings. The number of hydrogen-bond acceptors (Lipinski definition) is 8. The minimum absolute atomic E-state index is 0.0859. The van der Waals surface area contributed by atoms with Gasteiger partial charge in [-0.25, -0.2) is 14.4 Å². The number of benzene rings is 4. The summed E-state index contributed by atoms with van der Waals surface area (Å²) in [5.41, 5.74) is 0.112. The maximum Gasteiger partial charge on any atom is 0.410 e. The van der Waals surface area contributed by atoms with Crippen molar-refractivity contribution in [2.75, 3.05) is 13.1 Å². The lowest BCUT2D eigenvalue weighted by atomic mass is 9.77. The van der Waals surface area contributed by atoms with Gasteiger partial charge in [0, 0.05) is 12.6 Å². The third-order valence-electron chi connectivity index (χ3n) is 8.88. The van der Waals surface area contributed by atoms with Gasteiger partial charge in [0.2, 0.25) is 5.91 Å². The number of amides is 4. The van der Waals surface area contributed by atoms with E-state index in [2.05, 4.69) is 16.0 Å². The predicted octanol–water partition coefficient (Wildman–Crippen LogP) is 7.89. The summed E-state index contributed by atoms with van der Waals surface area (Å²) in [6.45, 7) is 11.3. The Bertz CT molecular complexity index is 1850. The third-order valence-corrected chi connectivity index (χ3v) is 8.88. The fraction of sp³-hybridized carbons (Fsp3) is 0.370. The summed E-state index contributed by atoms with van der Waals surface area (Å²) in [4.78, 5) is 69.8. The van der Waals surface area contributed by atoms with Crippen LogP contribution in [0.5, 0.6) is 0 Å². The third kappa shape index (κ3) is 13.5. The number of ketones is 1. The van der Waals surface area contributed by atoms with Gasteiger partial charge < -0.3 is 30.2 Å². The minimum atomic E-state index is -1.45. The van der Waals surface area contributed by atoms with E-state index in [0.717, 1.165) is 27.2 Å². The smallest absolute Gasteiger partial charge is 0.410 e.